The molecule has 3 aromatic rings. The highest BCUT2D eigenvalue weighted by Gasteiger charge is 2.39. The normalized spacial score (nSPS) is 11.7. The van der Waals surface area contributed by atoms with Gasteiger partial charge in [0.05, 0.1) is 22.8 Å². The van der Waals surface area contributed by atoms with Gasteiger partial charge in [-0.1, -0.05) is 48.9 Å². The van der Waals surface area contributed by atoms with Gasteiger partial charge in [0.1, 0.15) is 12.4 Å². The molecule has 0 aromatic heterocycles. The molecule has 3 rings (SSSR count). The number of aryl methyl sites for hydroxylation is 1. The third-order valence-electron chi connectivity index (χ3n) is 5.88. The van der Waals surface area contributed by atoms with E-state index in [4.69, 9.17) is 9.47 Å². The van der Waals surface area contributed by atoms with Crippen LogP contribution in [-0.4, -0.2) is 27.5 Å². The number of alkyl halides is 3. The number of esters is 1. The van der Waals surface area contributed by atoms with E-state index in [0.717, 1.165) is 28.1 Å². The van der Waals surface area contributed by atoms with Crippen LogP contribution in [0.25, 0.3) is 0 Å². The predicted octanol–water partition coefficient (Wildman–Crippen LogP) is 6.91. The molecule has 39 heavy (non-hydrogen) atoms. The summed E-state index contributed by atoms with van der Waals surface area (Å²) in [5.74, 6) is 0.0421. The molecule has 10 heteroatoms. The largest absolute Gasteiger partial charge is 0.489 e. The molecule has 0 saturated carbocycles. The van der Waals surface area contributed by atoms with Gasteiger partial charge in [-0.15, -0.1) is 0 Å². The minimum Gasteiger partial charge on any atom is -0.489 e. The van der Waals surface area contributed by atoms with Crippen LogP contribution in [-0.2, 0) is 32.3 Å². The Morgan fingerprint density at radius 3 is 2.31 bits per heavy atom. The molecule has 210 valence electrons. The molecule has 0 fully saturated rings. The second-order valence-corrected chi connectivity index (χ2v) is 10.8. The lowest BCUT2D eigenvalue weighted by Crippen LogP contribution is -2.33. The van der Waals surface area contributed by atoms with Crippen molar-refractivity contribution in [2.24, 2.45) is 0 Å². The average Bonchev–Trinajstić information content (AvgIpc) is 2.89. The highest BCUT2D eigenvalue weighted by atomic mass is 32.2. The van der Waals surface area contributed by atoms with Crippen LogP contribution in [0.2, 0.25) is 0 Å². The van der Waals surface area contributed by atoms with Crippen LogP contribution in [0.4, 0.5) is 18.9 Å². The highest BCUT2D eigenvalue weighted by Crippen LogP contribution is 2.37. The fraction of sp³-hybridized carbons (Fsp3) is 0.345. The van der Waals surface area contributed by atoms with Gasteiger partial charge >= 0.3 is 12.1 Å². The number of hydrogen-bond acceptors (Lipinski definition) is 5. The number of halogens is 3. The molecule has 0 heterocycles. The van der Waals surface area contributed by atoms with Crippen LogP contribution in [0.1, 0.15) is 49.3 Å². The van der Waals surface area contributed by atoms with Crippen molar-refractivity contribution < 1.29 is 35.9 Å². The summed E-state index contributed by atoms with van der Waals surface area (Å²) in [7, 11) is -4.61. The maximum atomic E-state index is 13.8. The molecule has 0 atom stereocenters. The summed E-state index contributed by atoms with van der Waals surface area (Å²) in [5, 5.41) is 0. The SMILES string of the molecule is CCOC(=O)CCCCCN(c1cc(C)cc(OCc2ccccc2)c1)S(=O)(=O)c1ccccc1C(F)(F)F. The number of carbonyl (C=O) groups is 1. The summed E-state index contributed by atoms with van der Waals surface area (Å²) in [5.41, 5.74) is 0.555. The van der Waals surface area contributed by atoms with E-state index in [1.165, 1.54) is 12.1 Å². The van der Waals surface area contributed by atoms with Gasteiger partial charge < -0.3 is 9.47 Å². The van der Waals surface area contributed by atoms with Crippen molar-refractivity contribution in [2.45, 2.75) is 57.2 Å². The number of benzene rings is 3. The zero-order valence-electron chi connectivity index (χ0n) is 21.9. The van der Waals surface area contributed by atoms with E-state index in [0.29, 0.717) is 30.6 Å². The number of nitrogens with zero attached hydrogens (tertiary/aromatic N) is 1. The number of carbonyl (C=O) groups excluding carboxylic acids is 1. The molecule has 0 amide bonds. The van der Waals surface area contributed by atoms with E-state index in [-0.39, 0.29) is 37.8 Å². The van der Waals surface area contributed by atoms with E-state index >= 15 is 0 Å². The topological polar surface area (TPSA) is 72.9 Å². The lowest BCUT2D eigenvalue weighted by molar-refractivity contribution is -0.143. The van der Waals surface area contributed by atoms with Crippen LogP contribution in [0.3, 0.4) is 0 Å². The Morgan fingerprint density at radius 2 is 1.62 bits per heavy atom. The predicted molar refractivity (Wildman–Crippen MR) is 143 cm³/mol. The van der Waals surface area contributed by atoms with Gasteiger partial charge in [0.2, 0.25) is 0 Å². The fourth-order valence-corrected chi connectivity index (χ4v) is 5.77. The van der Waals surface area contributed by atoms with Crippen LogP contribution in [0, 0.1) is 6.92 Å². The third-order valence-corrected chi connectivity index (χ3v) is 7.77. The average molecular weight is 564 g/mol. The molecule has 0 aliphatic carbocycles. The second kappa shape index (κ2) is 13.5. The van der Waals surface area contributed by atoms with Gasteiger partial charge in [-0.2, -0.15) is 13.2 Å². The second-order valence-electron chi connectivity index (χ2n) is 8.97. The molecule has 0 N–H and O–H groups in total. The summed E-state index contributed by atoms with van der Waals surface area (Å²) in [4.78, 5) is 10.8. The van der Waals surface area contributed by atoms with Crippen molar-refractivity contribution >= 4 is 21.7 Å². The number of rotatable bonds is 13. The quantitative estimate of drug-likeness (QED) is 0.167. The van der Waals surface area contributed by atoms with Crippen LogP contribution < -0.4 is 9.04 Å². The number of hydrogen-bond donors (Lipinski definition) is 0. The van der Waals surface area contributed by atoms with Gasteiger partial charge in [0.25, 0.3) is 10.0 Å². The zero-order valence-corrected chi connectivity index (χ0v) is 22.7. The molecule has 0 saturated heterocycles. The Labute approximate surface area is 227 Å². The molecule has 6 nitrogen and oxygen atoms in total. The fourth-order valence-electron chi connectivity index (χ4n) is 4.06. The molecule has 0 unspecified atom stereocenters. The molecule has 0 bridgehead atoms. The molecule has 0 spiro atoms. The molecule has 0 aliphatic heterocycles. The Bertz CT molecular complexity index is 1340. The first-order valence-corrected chi connectivity index (χ1v) is 14.1. The molecule has 0 aliphatic rings. The Kier molecular flexibility index (Phi) is 10.4. The smallest absolute Gasteiger partial charge is 0.417 e. The van der Waals surface area contributed by atoms with Crippen LogP contribution >= 0.6 is 0 Å². The first-order chi connectivity index (χ1) is 18.5. The van der Waals surface area contributed by atoms with E-state index in [1.807, 2.05) is 30.3 Å². The number of ether oxygens (including phenoxy) is 2. The number of unbranched alkanes of at least 4 members (excludes halogenated alkanes) is 2. The van der Waals surface area contributed by atoms with Gasteiger partial charge in [0.15, 0.2) is 0 Å². The van der Waals surface area contributed by atoms with Gasteiger partial charge in [-0.05, 0) is 62.1 Å². The van der Waals surface area contributed by atoms with Crippen molar-refractivity contribution in [2.75, 3.05) is 17.5 Å². The summed E-state index contributed by atoms with van der Waals surface area (Å²) in [6.07, 6.45) is -3.41. The van der Waals surface area contributed by atoms with Crippen LogP contribution in [0.15, 0.2) is 77.7 Å². The highest BCUT2D eigenvalue weighted by molar-refractivity contribution is 7.92. The summed E-state index contributed by atoms with van der Waals surface area (Å²) in [6.45, 7) is 3.89. The number of sulfonamides is 1. The van der Waals surface area contributed by atoms with Gasteiger partial charge in [-0.3, -0.25) is 9.10 Å². The summed E-state index contributed by atoms with van der Waals surface area (Å²) < 4.78 is 80.7. The van der Waals surface area contributed by atoms with Crippen molar-refractivity contribution in [3.05, 3.63) is 89.5 Å². The maximum absolute atomic E-state index is 13.8. The molecule has 0 radical (unpaired) electrons. The minimum absolute atomic E-state index is 0.0844. The minimum atomic E-state index is -4.86. The molecular weight excluding hydrogens is 531 g/mol. The Morgan fingerprint density at radius 1 is 0.923 bits per heavy atom. The van der Waals surface area contributed by atoms with Crippen LogP contribution in [0.5, 0.6) is 5.75 Å². The van der Waals surface area contributed by atoms with Crippen molar-refractivity contribution in [3.8, 4) is 5.75 Å². The van der Waals surface area contributed by atoms with Gasteiger partial charge in [0, 0.05) is 19.0 Å². The third kappa shape index (κ3) is 8.48. The number of anilines is 1. The van der Waals surface area contributed by atoms with E-state index < -0.39 is 26.7 Å². The van der Waals surface area contributed by atoms with E-state index in [9.17, 15) is 26.4 Å². The van der Waals surface area contributed by atoms with Crippen molar-refractivity contribution in [3.63, 3.8) is 0 Å². The first kappa shape index (κ1) is 30.0. The standard InChI is InChI=1S/C29H32F3NO5S/c1-3-37-28(34)16-8-5-11-17-33(39(35,36)27-15-10-9-14-26(27)29(30,31)32)24-18-22(2)19-25(20-24)38-21-23-12-6-4-7-13-23/h4,6-7,9-10,12-15,18-20H,3,5,8,11,16-17,21H2,1-2H3. The van der Waals surface area contributed by atoms with Crippen molar-refractivity contribution in [1.29, 1.82) is 0 Å². The maximum Gasteiger partial charge on any atom is 0.417 e. The Hall–Kier alpha value is -3.53. The Balaban J connectivity index is 1.92. The zero-order chi connectivity index (χ0) is 28.5. The van der Waals surface area contributed by atoms with Crippen molar-refractivity contribution in [1.82, 2.24) is 0 Å². The van der Waals surface area contributed by atoms with E-state index in [1.54, 1.807) is 26.0 Å². The summed E-state index contributed by atoms with van der Waals surface area (Å²) >= 11 is 0. The monoisotopic (exact) mass is 563 g/mol. The summed E-state index contributed by atoms with van der Waals surface area (Å²) in [6, 6.07) is 18.4. The lowest BCUT2D eigenvalue weighted by atomic mass is 10.1. The lowest BCUT2D eigenvalue weighted by Gasteiger charge is -2.27. The van der Waals surface area contributed by atoms with Gasteiger partial charge in [-0.25, -0.2) is 8.42 Å². The molecule has 3 aromatic carbocycles. The first-order valence-electron chi connectivity index (χ1n) is 12.7. The van der Waals surface area contributed by atoms with E-state index in [2.05, 4.69) is 0 Å². The molecular formula is C29H32F3NO5S.